The van der Waals surface area contributed by atoms with E-state index < -0.39 is 5.25 Å². The maximum absolute atomic E-state index is 13.6. The highest BCUT2D eigenvalue weighted by atomic mass is 32.2. The van der Waals surface area contributed by atoms with Crippen LogP contribution in [-0.4, -0.2) is 33.8 Å². The Morgan fingerprint density at radius 2 is 1.74 bits per heavy atom. The standard InChI is InChI=1S/C26H29FN4O2S/c1-33-22-15-9-18(10-16-22)24-29-30-26(31(24)21-5-3-2-4-6-21)34-23(25(32)28-20-13-14-20)17-7-11-19(27)12-8-17/h7-12,15-16,20-21,23H,2-6,13-14H2,1H3,(H,28,32). The van der Waals surface area contributed by atoms with Gasteiger partial charge < -0.3 is 10.1 Å². The first-order valence-corrected chi connectivity index (χ1v) is 12.8. The van der Waals surface area contributed by atoms with Gasteiger partial charge in [0.15, 0.2) is 11.0 Å². The Morgan fingerprint density at radius 3 is 2.38 bits per heavy atom. The Hall–Kier alpha value is -2.87. The number of carbonyl (C=O) groups is 1. The van der Waals surface area contributed by atoms with Crippen molar-refractivity contribution in [3.63, 3.8) is 0 Å². The molecule has 0 spiro atoms. The van der Waals surface area contributed by atoms with E-state index in [-0.39, 0.29) is 23.8 Å². The quantitative estimate of drug-likeness (QED) is 0.418. The number of nitrogens with zero attached hydrogens (tertiary/aromatic N) is 3. The van der Waals surface area contributed by atoms with Gasteiger partial charge in [-0.15, -0.1) is 10.2 Å². The third-order valence-electron chi connectivity index (χ3n) is 6.51. The highest BCUT2D eigenvalue weighted by Crippen LogP contribution is 2.41. The highest BCUT2D eigenvalue weighted by Gasteiger charge is 2.32. The number of aromatic nitrogens is 3. The van der Waals surface area contributed by atoms with E-state index in [0.717, 1.165) is 53.5 Å². The van der Waals surface area contributed by atoms with Crippen LogP contribution in [0.5, 0.6) is 5.75 Å². The van der Waals surface area contributed by atoms with Crippen molar-refractivity contribution < 1.29 is 13.9 Å². The molecule has 34 heavy (non-hydrogen) atoms. The third-order valence-corrected chi connectivity index (χ3v) is 7.72. The second-order valence-corrected chi connectivity index (χ2v) is 10.1. The van der Waals surface area contributed by atoms with Gasteiger partial charge in [-0.3, -0.25) is 9.36 Å². The van der Waals surface area contributed by atoms with Crippen LogP contribution in [-0.2, 0) is 4.79 Å². The Bertz CT molecular complexity index is 1120. The number of hydrogen-bond acceptors (Lipinski definition) is 5. The van der Waals surface area contributed by atoms with Crippen LogP contribution in [0.25, 0.3) is 11.4 Å². The molecule has 1 N–H and O–H groups in total. The zero-order valence-corrected chi connectivity index (χ0v) is 20.1. The summed E-state index contributed by atoms with van der Waals surface area (Å²) < 4.78 is 21.1. The lowest BCUT2D eigenvalue weighted by atomic mass is 9.95. The minimum Gasteiger partial charge on any atom is -0.497 e. The summed E-state index contributed by atoms with van der Waals surface area (Å²) in [6.07, 6.45) is 7.70. The van der Waals surface area contributed by atoms with Crippen LogP contribution in [0, 0.1) is 5.82 Å². The number of carbonyl (C=O) groups excluding carboxylic acids is 1. The first-order chi connectivity index (χ1) is 16.6. The summed E-state index contributed by atoms with van der Waals surface area (Å²) in [4.78, 5) is 13.2. The number of nitrogens with one attached hydrogen (secondary N) is 1. The Balaban J connectivity index is 1.51. The zero-order chi connectivity index (χ0) is 23.5. The summed E-state index contributed by atoms with van der Waals surface area (Å²) in [5.74, 6) is 1.21. The van der Waals surface area contributed by atoms with Gasteiger partial charge in [0.1, 0.15) is 16.8 Å². The highest BCUT2D eigenvalue weighted by molar-refractivity contribution is 8.00. The number of amides is 1. The van der Waals surface area contributed by atoms with Crippen LogP contribution < -0.4 is 10.1 Å². The normalized spacial score (nSPS) is 17.4. The monoisotopic (exact) mass is 480 g/mol. The first-order valence-electron chi connectivity index (χ1n) is 11.9. The first kappa shape index (κ1) is 22.9. The van der Waals surface area contributed by atoms with Crippen molar-refractivity contribution in [3.05, 3.63) is 59.9 Å². The van der Waals surface area contributed by atoms with E-state index in [2.05, 4.69) is 20.1 Å². The SMILES string of the molecule is COc1ccc(-c2nnc(SC(C(=O)NC3CC3)c3ccc(F)cc3)n2C2CCCCC2)cc1. The maximum atomic E-state index is 13.6. The second kappa shape index (κ2) is 10.2. The fourth-order valence-electron chi connectivity index (χ4n) is 4.48. The fraction of sp³-hybridized carbons (Fsp3) is 0.423. The molecule has 1 atom stereocenters. The van der Waals surface area contributed by atoms with Crippen LogP contribution in [0.2, 0.25) is 0 Å². The van der Waals surface area contributed by atoms with Gasteiger partial charge in [0, 0.05) is 17.6 Å². The molecule has 8 heteroatoms. The average molecular weight is 481 g/mol. The van der Waals surface area contributed by atoms with Crippen molar-refractivity contribution in [3.8, 4) is 17.1 Å². The summed E-state index contributed by atoms with van der Waals surface area (Å²) in [6.45, 7) is 0. The van der Waals surface area contributed by atoms with E-state index in [1.54, 1.807) is 19.2 Å². The van der Waals surface area contributed by atoms with Crippen LogP contribution >= 0.6 is 11.8 Å². The van der Waals surface area contributed by atoms with E-state index in [4.69, 9.17) is 4.74 Å². The van der Waals surface area contributed by atoms with Crippen LogP contribution in [0.1, 0.15) is 61.8 Å². The van der Waals surface area contributed by atoms with Gasteiger partial charge in [-0.05, 0) is 67.6 Å². The van der Waals surface area contributed by atoms with Crippen LogP contribution in [0.15, 0.2) is 53.7 Å². The molecule has 178 valence electrons. The smallest absolute Gasteiger partial charge is 0.238 e. The molecule has 0 saturated heterocycles. The minimum absolute atomic E-state index is 0.0664. The fourth-order valence-corrected chi connectivity index (χ4v) is 5.60. The van der Waals surface area contributed by atoms with Crippen molar-refractivity contribution in [1.29, 1.82) is 0 Å². The molecule has 2 saturated carbocycles. The summed E-state index contributed by atoms with van der Waals surface area (Å²) in [6, 6.07) is 14.5. The van der Waals surface area contributed by atoms with Gasteiger partial charge in [0.2, 0.25) is 5.91 Å². The van der Waals surface area contributed by atoms with E-state index in [1.807, 2.05) is 24.3 Å². The van der Waals surface area contributed by atoms with Crippen LogP contribution in [0.3, 0.4) is 0 Å². The molecule has 2 aromatic carbocycles. The Morgan fingerprint density at radius 1 is 1.03 bits per heavy atom. The number of methoxy groups -OCH3 is 1. The molecule has 0 bridgehead atoms. The molecular formula is C26H29FN4O2S. The molecule has 5 rings (SSSR count). The summed E-state index contributed by atoms with van der Waals surface area (Å²) in [7, 11) is 1.65. The van der Waals surface area contributed by atoms with Crippen molar-refractivity contribution >= 4 is 17.7 Å². The average Bonchev–Trinajstić information content (AvgIpc) is 3.59. The predicted octanol–water partition coefficient (Wildman–Crippen LogP) is 5.71. The lowest BCUT2D eigenvalue weighted by Gasteiger charge is -2.26. The molecule has 0 aliphatic heterocycles. The lowest BCUT2D eigenvalue weighted by Crippen LogP contribution is -2.30. The Kier molecular flexibility index (Phi) is 6.85. The molecule has 2 aliphatic rings. The topological polar surface area (TPSA) is 69.0 Å². The molecule has 2 fully saturated rings. The van der Waals surface area contributed by atoms with Gasteiger partial charge in [0.05, 0.1) is 7.11 Å². The Labute approximate surface area is 203 Å². The molecule has 3 aromatic rings. The molecule has 1 amide bonds. The number of hydrogen-bond donors (Lipinski definition) is 1. The molecule has 1 aromatic heterocycles. The largest absolute Gasteiger partial charge is 0.497 e. The molecule has 2 aliphatic carbocycles. The molecule has 1 unspecified atom stereocenters. The van der Waals surface area contributed by atoms with Gasteiger partial charge in [0.25, 0.3) is 0 Å². The van der Waals surface area contributed by atoms with Crippen molar-refractivity contribution in [2.75, 3.05) is 7.11 Å². The summed E-state index contributed by atoms with van der Waals surface area (Å²) >= 11 is 1.40. The van der Waals surface area contributed by atoms with Crippen LogP contribution in [0.4, 0.5) is 4.39 Å². The zero-order valence-electron chi connectivity index (χ0n) is 19.2. The van der Waals surface area contributed by atoms with E-state index >= 15 is 0 Å². The second-order valence-electron chi connectivity index (χ2n) is 9.03. The lowest BCUT2D eigenvalue weighted by molar-refractivity contribution is -0.120. The molecule has 0 radical (unpaired) electrons. The van der Waals surface area contributed by atoms with Gasteiger partial charge in [-0.25, -0.2) is 4.39 Å². The van der Waals surface area contributed by atoms with E-state index in [1.165, 1.54) is 43.2 Å². The predicted molar refractivity (Wildman–Crippen MR) is 130 cm³/mol. The van der Waals surface area contributed by atoms with E-state index in [0.29, 0.717) is 0 Å². The summed E-state index contributed by atoms with van der Waals surface area (Å²) in [5.41, 5.74) is 1.72. The number of benzene rings is 2. The number of rotatable bonds is 8. The molecule has 1 heterocycles. The molecule has 6 nitrogen and oxygen atoms in total. The molecular weight excluding hydrogens is 451 g/mol. The van der Waals surface area contributed by atoms with E-state index in [9.17, 15) is 9.18 Å². The minimum atomic E-state index is -0.531. The number of halogens is 1. The van der Waals surface area contributed by atoms with Crippen molar-refractivity contribution in [1.82, 2.24) is 20.1 Å². The van der Waals surface area contributed by atoms with Gasteiger partial charge in [-0.2, -0.15) is 0 Å². The van der Waals surface area contributed by atoms with Crippen molar-refractivity contribution in [2.24, 2.45) is 0 Å². The van der Waals surface area contributed by atoms with Gasteiger partial charge in [-0.1, -0.05) is 43.2 Å². The van der Waals surface area contributed by atoms with Crippen molar-refractivity contribution in [2.45, 2.75) is 67.4 Å². The summed E-state index contributed by atoms with van der Waals surface area (Å²) in [5, 5.41) is 12.4. The third kappa shape index (κ3) is 5.12. The van der Waals surface area contributed by atoms with Gasteiger partial charge >= 0.3 is 0 Å². The maximum Gasteiger partial charge on any atom is 0.238 e. The number of thioether (sulfide) groups is 1. The number of ether oxygens (including phenoxy) is 1.